The molecular formula is C20H23F2N2O3+. The van der Waals surface area contributed by atoms with Gasteiger partial charge in [0.1, 0.15) is 24.7 Å². The fourth-order valence-electron chi connectivity index (χ4n) is 2.51. The number of nitrogens with one attached hydrogen (secondary N) is 2. The van der Waals surface area contributed by atoms with Gasteiger partial charge in [-0.05, 0) is 36.4 Å². The van der Waals surface area contributed by atoms with E-state index in [0.717, 1.165) is 16.2 Å². The van der Waals surface area contributed by atoms with Crippen LogP contribution in [-0.4, -0.2) is 32.7 Å². The van der Waals surface area contributed by atoms with E-state index >= 15 is 0 Å². The van der Waals surface area contributed by atoms with E-state index in [1.165, 1.54) is 12.1 Å². The van der Waals surface area contributed by atoms with Crippen LogP contribution in [0.15, 0.2) is 61.2 Å². The average Bonchev–Trinajstić information content (AvgIpc) is 2.62. The van der Waals surface area contributed by atoms with Gasteiger partial charge in [0.2, 0.25) is 0 Å². The zero-order valence-electron chi connectivity index (χ0n) is 15.1. The first-order valence-electron chi connectivity index (χ1n) is 8.45. The van der Waals surface area contributed by atoms with E-state index in [9.17, 15) is 13.6 Å². The summed E-state index contributed by atoms with van der Waals surface area (Å²) in [5.74, 6) is 0.405. The van der Waals surface area contributed by atoms with Crippen LogP contribution in [-0.2, 0) is 11.3 Å². The lowest BCUT2D eigenvalue weighted by molar-refractivity contribution is -0.885. The minimum atomic E-state index is -2.95. The smallest absolute Gasteiger partial charge is 0.387 e. The van der Waals surface area contributed by atoms with E-state index in [4.69, 9.17) is 4.74 Å². The number of hydrogen-bond donors (Lipinski definition) is 2. The summed E-state index contributed by atoms with van der Waals surface area (Å²) in [6.07, 6.45) is 1.68. The van der Waals surface area contributed by atoms with Gasteiger partial charge >= 0.3 is 6.61 Å². The number of halogens is 2. The maximum Gasteiger partial charge on any atom is 0.387 e. The highest BCUT2D eigenvalue weighted by Crippen LogP contribution is 2.25. The minimum absolute atomic E-state index is 0.0615. The van der Waals surface area contributed by atoms with Crippen LogP contribution < -0.4 is 19.7 Å². The minimum Gasteiger partial charge on any atom is -0.490 e. The summed E-state index contributed by atoms with van der Waals surface area (Å²) < 4.78 is 34.7. The normalized spacial score (nSPS) is 11.7. The number of benzene rings is 2. The van der Waals surface area contributed by atoms with Gasteiger partial charge in [-0.3, -0.25) is 4.79 Å². The maximum absolute atomic E-state index is 12.4. The average molecular weight is 377 g/mol. The highest BCUT2D eigenvalue weighted by Gasteiger charge is 2.15. The molecule has 0 radical (unpaired) electrons. The third-order valence-corrected chi connectivity index (χ3v) is 3.64. The Kier molecular flexibility index (Phi) is 7.76. The molecule has 0 aliphatic carbocycles. The van der Waals surface area contributed by atoms with Crippen molar-refractivity contribution in [2.75, 3.05) is 25.5 Å². The van der Waals surface area contributed by atoms with Crippen LogP contribution >= 0.6 is 0 Å². The monoisotopic (exact) mass is 377 g/mol. The summed E-state index contributed by atoms with van der Waals surface area (Å²) in [6.45, 7) is 1.90. The Morgan fingerprint density at radius 2 is 1.93 bits per heavy atom. The summed E-state index contributed by atoms with van der Waals surface area (Å²) in [5, 5.41) is 2.62. The van der Waals surface area contributed by atoms with E-state index in [2.05, 4.69) is 16.6 Å². The van der Waals surface area contributed by atoms with Crippen molar-refractivity contribution in [3.05, 3.63) is 66.7 Å². The van der Waals surface area contributed by atoms with Crippen LogP contribution in [0.1, 0.15) is 5.56 Å². The molecule has 0 spiro atoms. The molecule has 2 aromatic rings. The van der Waals surface area contributed by atoms with E-state index in [0.29, 0.717) is 13.2 Å². The van der Waals surface area contributed by atoms with E-state index in [-0.39, 0.29) is 23.9 Å². The van der Waals surface area contributed by atoms with E-state index < -0.39 is 6.61 Å². The summed E-state index contributed by atoms with van der Waals surface area (Å²) in [7, 11) is 1.88. The van der Waals surface area contributed by atoms with Crippen LogP contribution in [0.5, 0.6) is 11.5 Å². The molecule has 0 aliphatic heterocycles. The quantitative estimate of drug-likeness (QED) is 0.626. The Bertz CT molecular complexity index is 751. The van der Waals surface area contributed by atoms with Crippen LogP contribution in [0.4, 0.5) is 14.5 Å². The molecule has 0 saturated carbocycles. The Morgan fingerprint density at radius 1 is 1.22 bits per heavy atom. The zero-order valence-corrected chi connectivity index (χ0v) is 15.1. The molecule has 0 bridgehead atoms. The van der Waals surface area contributed by atoms with Gasteiger partial charge in [-0.15, -0.1) is 0 Å². The van der Waals surface area contributed by atoms with Gasteiger partial charge in [-0.1, -0.05) is 24.8 Å². The van der Waals surface area contributed by atoms with Gasteiger partial charge in [-0.2, -0.15) is 8.78 Å². The summed E-state index contributed by atoms with van der Waals surface area (Å²) in [5.41, 5.74) is 1.27. The van der Waals surface area contributed by atoms with Crippen LogP contribution in [0, 0.1) is 0 Å². The number of carbonyl (C=O) groups is 1. The molecule has 2 aromatic carbocycles. The standard InChI is InChI=1S/C20H22F2N2O3/c1-3-12-26-16-10-8-15(9-11-16)13-24(2)14-19(25)23-17-6-4-5-7-18(17)27-20(21)22/h3-11,20H,1,12-14H2,2H3,(H,23,25)/p+1. The van der Waals surface area contributed by atoms with Gasteiger partial charge < -0.3 is 19.7 Å². The van der Waals surface area contributed by atoms with Gasteiger partial charge in [0, 0.05) is 5.56 Å². The van der Waals surface area contributed by atoms with Crippen molar-refractivity contribution in [2.24, 2.45) is 0 Å². The van der Waals surface area contributed by atoms with Crippen molar-refractivity contribution in [3.8, 4) is 11.5 Å². The zero-order chi connectivity index (χ0) is 19.6. The SMILES string of the molecule is C=CCOc1ccc(C[NH+](C)CC(=O)Nc2ccccc2OC(F)F)cc1. The van der Waals surface area contributed by atoms with Gasteiger partial charge in [0.25, 0.3) is 5.91 Å². The molecular weight excluding hydrogens is 354 g/mol. The fraction of sp³-hybridized carbons (Fsp3) is 0.250. The predicted molar refractivity (Wildman–Crippen MR) is 99.3 cm³/mol. The van der Waals surface area contributed by atoms with Crippen molar-refractivity contribution < 1.29 is 27.9 Å². The fourth-order valence-corrected chi connectivity index (χ4v) is 2.51. The summed E-state index contributed by atoms with van der Waals surface area (Å²) >= 11 is 0. The topological polar surface area (TPSA) is 52.0 Å². The van der Waals surface area contributed by atoms with Gasteiger partial charge in [-0.25, -0.2) is 0 Å². The lowest BCUT2D eigenvalue weighted by Crippen LogP contribution is -3.08. The second-order valence-corrected chi connectivity index (χ2v) is 5.98. The third-order valence-electron chi connectivity index (χ3n) is 3.64. The molecule has 144 valence electrons. The molecule has 0 aliphatic rings. The maximum atomic E-state index is 12.4. The van der Waals surface area contributed by atoms with Crippen molar-refractivity contribution in [2.45, 2.75) is 13.2 Å². The Labute approximate surface area is 157 Å². The predicted octanol–water partition coefficient (Wildman–Crippen LogP) is 2.51. The number of rotatable bonds is 10. The molecule has 0 aromatic heterocycles. The Balaban J connectivity index is 1.87. The molecule has 1 unspecified atom stereocenters. The van der Waals surface area contributed by atoms with Crippen LogP contribution in [0.25, 0.3) is 0 Å². The lowest BCUT2D eigenvalue weighted by atomic mass is 10.2. The molecule has 0 saturated heterocycles. The molecule has 0 fully saturated rings. The second-order valence-electron chi connectivity index (χ2n) is 5.98. The summed E-state index contributed by atoms with van der Waals surface area (Å²) in [4.78, 5) is 13.2. The van der Waals surface area contributed by atoms with Crippen LogP contribution in [0.3, 0.4) is 0 Å². The number of amides is 1. The van der Waals surface area contributed by atoms with Crippen molar-refractivity contribution >= 4 is 11.6 Å². The van der Waals surface area contributed by atoms with E-state index in [1.807, 2.05) is 31.3 Å². The number of hydrogen-bond acceptors (Lipinski definition) is 3. The molecule has 0 heterocycles. The third kappa shape index (κ3) is 7.07. The second kappa shape index (κ2) is 10.3. The lowest BCUT2D eigenvalue weighted by Gasteiger charge is -2.15. The number of para-hydroxylation sites is 2. The van der Waals surface area contributed by atoms with Crippen molar-refractivity contribution in [3.63, 3.8) is 0 Å². The van der Waals surface area contributed by atoms with Gasteiger partial charge in [0.05, 0.1) is 12.7 Å². The first-order valence-corrected chi connectivity index (χ1v) is 8.45. The van der Waals surface area contributed by atoms with E-state index in [1.54, 1.807) is 18.2 Å². The number of quaternary nitrogens is 1. The molecule has 27 heavy (non-hydrogen) atoms. The molecule has 1 amide bonds. The van der Waals surface area contributed by atoms with Gasteiger partial charge in [0.15, 0.2) is 6.54 Å². The molecule has 5 nitrogen and oxygen atoms in total. The Morgan fingerprint density at radius 3 is 2.59 bits per heavy atom. The highest BCUT2D eigenvalue weighted by molar-refractivity contribution is 5.92. The number of alkyl halides is 2. The highest BCUT2D eigenvalue weighted by atomic mass is 19.3. The first-order chi connectivity index (χ1) is 13.0. The summed E-state index contributed by atoms with van der Waals surface area (Å²) in [6, 6.07) is 13.7. The number of anilines is 1. The number of likely N-dealkylation sites (N-methyl/N-ethyl adjacent to an activating group) is 1. The largest absolute Gasteiger partial charge is 0.490 e. The van der Waals surface area contributed by atoms with Crippen molar-refractivity contribution in [1.29, 1.82) is 0 Å². The number of carbonyl (C=O) groups excluding carboxylic acids is 1. The Hall–Kier alpha value is -2.93. The molecule has 7 heteroatoms. The molecule has 2 N–H and O–H groups in total. The molecule has 2 rings (SSSR count). The van der Waals surface area contributed by atoms with Crippen molar-refractivity contribution in [1.82, 2.24) is 0 Å². The first kappa shape index (κ1) is 20.4. The molecule has 1 atom stereocenters. The van der Waals surface area contributed by atoms with Crippen LogP contribution in [0.2, 0.25) is 0 Å². The number of ether oxygens (including phenoxy) is 2.